The number of hydrogen-bond acceptors (Lipinski definition) is 4. The fourth-order valence-electron chi connectivity index (χ4n) is 2.64. The summed E-state index contributed by atoms with van der Waals surface area (Å²) >= 11 is 3.35. The molecule has 116 valence electrons. The van der Waals surface area contributed by atoms with Gasteiger partial charge < -0.3 is 0 Å². The predicted molar refractivity (Wildman–Crippen MR) is 104 cm³/mol. The molecule has 0 aliphatic heterocycles. The van der Waals surface area contributed by atoms with Crippen LogP contribution in [0.5, 0.6) is 0 Å². The van der Waals surface area contributed by atoms with Gasteiger partial charge in [0.25, 0.3) is 0 Å². The van der Waals surface area contributed by atoms with E-state index in [2.05, 4.69) is 58.9 Å². The van der Waals surface area contributed by atoms with Gasteiger partial charge in [0.05, 0.1) is 10.3 Å². The van der Waals surface area contributed by atoms with E-state index in [1.807, 2.05) is 6.26 Å². The van der Waals surface area contributed by atoms with Gasteiger partial charge in [-0.05, 0) is 31.7 Å². The van der Waals surface area contributed by atoms with Crippen LogP contribution in [-0.4, -0.2) is 25.7 Å². The molecule has 0 bridgehead atoms. The topological polar surface area (TPSA) is 25.8 Å². The molecule has 2 heterocycles. The summed E-state index contributed by atoms with van der Waals surface area (Å²) in [6.45, 7) is 4.31. The van der Waals surface area contributed by atoms with E-state index in [0.29, 0.717) is 0 Å². The number of fused-ring (bicyclic) bond motifs is 1. The van der Waals surface area contributed by atoms with Crippen LogP contribution in [-0.2, 0) is 6.04 Å². The maximum absolute atomic E-state index is 4.41. The SMILES string of the molecule is CSc1ncnc2c(C#C[SiH2]Cc3cc(C)cc(C)c3)csc12. The minimum Gasteiger partial charge on any atom is -0.234 e. The van der Waals surface area contributed by atoms with E-state index >= 15 is 0 Å². The Bertz CT molecular complexity index is 886. The van der Waals surface area contributed by atoms with Crippen LogP contribution in [0.15, 0.2) is 34.9 Å². The van der Waals surface area contributed by atoms with Gasteiger partial charge in [0.2, 0.25) is 0 Å². The number of aromatic nitrogens is 2. The summed E-state index contributed by atoms with van der Waals surface area (Å²) in [5, 5.41) is 3.15. The third-order valence-corrected chi connectivity index (χ3v) is 6.61. The third-order valence-electron chi connectivity index (χ3n) is 3.56. The molecule has 0 saturated carbocycles. The standard InChI is InChI=1S/C18H18N2S2Si/c1-12-6-13(2)8-14(7-12)10-23-5-4-15-9-22-17-16(15)19-11-20-18(17)21-3/h6-9,11H,10,23H2,1-3H3. The second kappa shape index (κ2) is 7.31. The maximum Gasteiger partial charge on any atom is 0.117 e. The van der Waals surface area contributed by atoms with Crippen LogP contribution in [0, 0.1) is 25.3 Å². The summed E-state index contributed by atoms with van der Waals surface area (Å²) in [4.78, 5) is 8.72. The van der Waals surface area contributed by atoms with Gasteiger partial charge in [0.1, 0.15) is 26.4 Å². The molecule has 23 heavy (non-hydrogen) atoms. The van der Waals surface area contributed by atoms with Crippen molar-refractivity contribution in [3.05, 3.63) is 52.2 Å². The Hall–Kier alpha value is -1.61. The van der Waals surface area contributed by atoms with Crippen molar-refractivity contribution in [3.8, 4) is 11.5 Å². The molecule has 0 unspecified atom stereocenters. The Morgan fingerprint density at radius 2 is 1.96 bits per heavy atom. The molecule has 5 heteroatoms. The molecule has 3 aromatic rings. The molecule has 0 aliphatic carbocycles. The number of thioether (sulfide) groups is 1. The van der Waals surface area contributed by atoms with Crippen LogP contribution in [0.25, 0.3) is 10.2 Å². The highest BCUT2D eigenvalue weighted by Crippen LogP contribution is 2.29. The van der Waals surface area contributed by atoms with Gasteiger partial charge in [0, 0.05) is 5.38 Å². The average molecular weight is 355 g/mol. The van der Waals surface area contributed by atoms with Gasteiger partial charge in [-0.3, -0.25) is 0 Å². The molecule has 0 fully saturated rings. The molecular weight excluding hydrogens is 336 g/mol. The maximum atomic E-state index is 4.41. The zero-order valence-electron chi connectivity index (χ0n) is 13.5. The first-order valence-corrected chi connectivity index (χ1v) is 11.3. The number of thiophene rings is 1. The van der Waals surface area contributed by atoms with Crippen LogP contribution in [0.4, 0.5) is 0 Å². The van der Waals surface area contributed by atoms with Gasteiger partial charge >= 0.3 is 0 Å². The Balaban J connectivity index is 1.75. The minimum atomic E-state index is -0.428. The smallest absolute Gasteiger partial charge is 0.117 e. The van der Waals surface area contributed by atoms with Crippen molar-refractivity contribution < 1.29 is 0 Å². The molecule has 0 saturated heterocycles. The van der Waals surface area contributed by atoms with Crippen LogP contribution >= 0.6 is 23.1 Å². The number of nitrogens with zero attached hydrogens (tertiary/aromatic N) is 2. The zero-order chi connectivity index (χ0) is 16.2. The van der Waals surface area contributed by atoms with E-state index in [1.54, 1.807) is 29.4 Å². The molecule has 0 radical (unpaired) electrons. The normalized spacial score (nSPS) is 11.1. The van der Waals surface area contributed by atoms with E-state index in [-0.39, 0.29) is 0 Å². The Labute approximate surface area is 147 Å². The van der Waals surface area contributed by atoms with Crippen molar-refractivity contribution in [2.75, 3.05) is 6.26 Å². The Kier molecular flexibility index (Phi) is 5.16. The summed E-state index contributed by atoms with van der Waals surface area (Å²) in [5.41, 5.74) is 9.59. The Morgan fingerprint density at radius 1 is 1.17 bits per heavy atom. The van der Waals surface area contributed by atoms with Gasteiger partial charge in [0.15, 0.2) is 0 Å². The molecule has 2 nitrogen and oxygen atoms in total. The van der Waals surface area contributed by atoms with Crippen LogP contribution < -0.4 is 0 Å². The summed E-state index contributed by atoms with van der Waals surface area (Å²) in [7, 11) is -0.428. The summed E-state index contributed by atoms with van der Waals surface area (Å²) in [6, 6.07) is 7.90. The highest BCUT2D eigenvalue weighted by atomic mass is 32.2. The number of hydrogen-bond donors (Lipinski definition) is 0. The lowest BCUT2D eigenvalue weighted by molar-refractivity contribution is 1.11. The molecule has 1 aromatic carbocycles. The average Bonchev–Trinajstić information content (AvgIpc) is 2.94. The molecule has 2 aromatic heterocycles. The van der Waals surface area contributed by atoms with Crippen LogP contribution in [0.1, 0.15) is 22.3 Å². The second-order valence-corrected chi connectivity index (χ2v) is 8.54. The zero-order valence-corrected chi connectivity index (χ0v) is 16.6. The van der Waals surface area contributed by atoms with Gasteiger partial charge in [-0.15, -0.1) is 28.6 Å². The van der Waals surface area contributed by atoms with Gasteiger partial charge in [-0.25, -0.2) is 9.97 Å². The van der Waals surface area contributed by atoms with E-state index in [9.17, 15) is 0 Å². The van der Waals surface area contributed by atoms with Crippen molar-refractivity contribution in [2.45, 2.75) is 24.9 Å². The molecule has 0 atom stereocenters. The molecule has 0 N–H and O–H groups in total. The van der Waals surface area contributed by atoms with Gasteiger partial charge in [-0.1, -0.05) is 35.2 Å². The summed E-state index contributed by atoms with van der Waals surface area (Å²) in [6.07, 6.45) is 3.68. The monoisotopic (exact) mass is 354 g/mol. The quantitative estimate of drug-likeness (QED) is 0.310. The lowest BCUT2D eigenvalue weighted by Crippen LogP contribution is -1.95. The van der Waals surface area contributed by atoms with Crippen molar-refractivity contribution in [2.24, 2.45) is 0 Å². The van der Waals surface area contributed by atoms with E-state index < -0.39 is 9.52 Å². The first kappa shape index (κ1) is 16.3. The molecule has 0 aliphatic rings. The third kappa shape index (κ3) is 3.84. The van der Waals surface area contributed by atoms with E-state index in [1.165, 1.54) is 16.7 Å². The lowest BCUT2D eigenvalue weighted by atomic mass is 10.1. The van der Waals surface area contributed by atoms with Crippen LogP contribution in [0.2, 0.25) is 0 Å². The fourth-order valence-corrected chi connectivity index (χ4v) is 5.32. The molecular formula is C18H18N2S2Si. The predicted octanol–water partition coefficient (Wildman–Crippen LogP) is 3.71. The molecule has 0 amide bonds. The largest absolute Gasteiger partial charge is 0.234 e. The second-order valence-electron chi connectivity index (χ2n) is 5.51. The van der Waals surface area contributed by atoms with Crippen molar-refractivity contribution in [3.63, 3.8) is 0 Å². The van der Waals surface area contributed by atoms with Crippen molar-refractivity contribution >= 4 is 42.8 Å². The lowest BCUT2D eigenvalue weighted by Gasteiger charge is -2.01. The van der Waals surface area contributed by atoms with Crippen LogP contribution in [0.3, 0.4) is 0 Å². The highest BCUT2D eigenvalue weighted by Gasteiger charge is 2.08. The summed E-state index contributed by atoms with van der Waals surface area (Å²) < 4.78 is 1.15. The van der Waals surface area contributed by atoms with E-state index in [4.69, 9.17) is 0 Å². The fraction of sp³-hybridized carbons (Fsp3) is 0.222. The van der Waals surface area contributed by atoms with E-state index in [0.717, 1.165) is 26.9 Å². The highest BCUT2D eigenvalue weighted by molar-refractivity contribution is 7.98. The molecule has 3 rings (SSSR count). The summed E-state index contributed by atoms with van der Waals surface area (Å²) in [5.74, 6) is 3.34. The first-order valence-electron chi connectivity index (χ1n) is 7.49. The van der Waals surface area contributed by atoms with Crippen molar-refractivity contribution in [1.82, 2.24) is 9.97 Å². The van der Waals surface area contributed by atoms with Gasteiger partial charge in [-0.2, -0.15) is 0 Å². The molecule has 0 spiro atoms. The Morgan fingerprint density at radius 3 is 2.70 bits per heavy atom. The number of aryl methyl sites for hydroxylation is 2. The number of rotatable bonds is 3. The number of benzene rings is 1. The first-order chi connectivity index (χ1) is 11.2. The minimum absolute atomic E-state index is 0.428. The van der Waals surface area contributed by atoms with Crippen molar-refractivity contribution in [1.29, 1.82) is 0 Å².